The average Bonchev–Trinajstić information content (AvgIpc) is 2.61. The molecule has 0 bridgehead atoms. The fourth-order valence-electron chi connectivity index (χ4n) is 1.94. The van der Waals surface area contributed by atoms with Gasteiger partial charge in [0.05, 0.1) is 26.4 Å². The summed E-state index contributed by atoms with van der Waals surface area (Å²) in [5.41, 5.74) is 6.27. The second kappa shape index (κ2) is 13.9. The molecule has 0 spiro atoms. The van der Waals surface area contributed by atoms with E-state index >= 15 is 0 Å². The number of hydrogen-bond acceptors (Lipinski definition) is 7. The van der Waals surface area contributed by atoms with E-state index < -0.39 is 5.97 Å². The molecule has 3 N–H and O–H groups in total. The van der Waals surface area contributed by atoms with Gasteiger partial charge in [-0.3, -0.25) is 9.59 Å². The molecule has 1 aromatic carbocycles. The number of nitrogens with two attached hydrogens (primary N) is 1. The van der Waals surface area contributed by atoms with E-state index in [1.165, 1.54) is 0 Å². The van der Waals surface area contributed by atoms with Gasteiger partial charge < -0.3 is 29.8 Å². The monoisotopic (exact) mass is 369 g/mol. The molecule has 0 saturated carbocycles. The molecule has 0 heterocycles. The highest BCUT2D eigenvalue weighted by Crippen LogP contribution is 2.12. The second-order valence-electron chi connectivity index (χ2n) is 5.46. The molecule has 0 fully saturated rings. The van der Waals surface area contributed by atoms with Crippen LogP contribution >= 0.6 is 0 Å². The van der Waals surface area contributed by atoms with E-state index in [9.17, 15) is 9.59 Å². The molecule has 0 atom stereocenters. The Labute approximate surface area is 153 Å². The molecule has 1 rings (SSSR count). The average molecular weight is 369 g/mol. The number of aliphatic carboxylic acids is 1. The zero-order valence-electron chi connectivity index (χ0n) is 14.9. The van der Waals surface area contributed by atoms with E-state index in [2.05, 4.69) is 0 Å². The predicted molar refractivity (Wildman–Crippen MR) is 95.1 cm³/mol. The van der Waals surface area contributed by atoms with E-state index in [-0.39, 0.29) is 25.4 Å². The van der Waals surface area contributed by atoms with E-state index in [0.29, 0.717) is 51.6 Å². The van der Waals surface area contributed by atoms with Gasteiger partial charge in [-0.05, 0) is 37.1 Å². The van der Waals surface area contributed by atoms with Crippen LogP contribution in [0.1, 0.15) is 25.7 Å². The lowest BCUT2D eigenvalue weighted by Crippen LogP contribution is -2.14. The van der Waals surface area contributed by atoms with Gasteiger partial charge in [0, 0.05) is 18.5 Å². The van der Waals surface area contributed by atoms with E-state index in [1.807, 2.05) is 0 Å². The van der Waals surface area contributed by atoms with Gasteiger partial charge in [-0.15, -0.1) is 0 Å². The highest BCUT2D eigenvalue weighted by atomic mass is 16.6. The van der Waals surface area contributed by atoms with Crippen molar-refractivity contribution in [1.82, 2.24) is 0 Å². The number of anilines is 1. The first-order chi connectivity index (χ1) is 12.6. The van der Waals surface area contributed by atoms with Gasteiger partial charge in [0.25, 0.3) is 0 Å². The largest absolute Gasteiger partial charge is 0.491 e. The third-order valence-corrected chi connectivity index (χ3v) is 3.26. The Kier molecular flexibility index (Phi) is 11.6. The fraction of sp³-hybridized carbons (Fsp3) is 0.556. The van der Waals surface area contributed by atoms with Crippen LogP contribution in [0.5, 0.6) is 5.75 Å². The van der Waals surface area contributed by atoms with Crippen LogP contribution in [0.4, 0.5) is 5.69 Å². The summed E-state index contributed by atoms with van der Waals surface area (Å²) in [5, 5.41) is 8.48. The van der Waals surface area contributed by atoms with Crippen LogP contribution in [-0.2, 0) is 23.8 Å². The maximum absolute atomic E-state index is 11.4. The Morgan fingerprint density at radius 2 is 1.42 bits per heavy atom. The number of ether oxygens (including phenoxy) is 4. The van der Waals surface area contributed by atoms with Gasteiger partial charge in [0.2, 0.25) is 0 Å². The topological polar surface area (TPSA) is 117 Å². The zero-order valence-corrected chi connectivity index (χ0v) is 14.9. The molecular formula is C18H27NO7. The summed E-state index contributed by atoms with van der Waals surface area (Å²) in [6.07, 6.45) is 1.28. The third-order valence-electron chi connectivity index (χ3n) is 3.26. The lowest BCUT2D eigenvalue weighted by atomic mass is 10.2. The first-order valence-electron chi connectivity index (χ1n) is 8.59. The Morgan fingerprint density at radius 1 is 0.846 bits per heavy atom. The molecule has 0 aliphatic rings. The van der Waals surface area contributed by atoms with Crippen LogP contribution in [0, 0.1) is 0 Å². The minimum absolute atomic E-state index is 0.0708. The summed E-state index contributed by atoms with van der Waals surface area (Å²) in [7, 11) is 0. The molecule has 0 unspecified atom stereocenters. The van der Waals surface area contributed by atoms with Crippen LogP contribution in [0.25, 0.3) is 0 Å². The van der Waals surface area contributed by atoms with Crippen LogP contribution in [0.2, 0.25) is 0 Å². The summed E-state index contributed by atoms with van der Waals surface area (Å²) >= 11 is 0. The van der Waals surface area contributed by atoms with Crippen molar-refractivity contribution in [2.45, 2.75) is 25.7 Å². The number of nitrogen functional groups attached to an aromatic ring is 1. The van der Waals surface area contributed by atoms with Crippen molar-refractivity contribution in [3.8, 4) is 5.75 Å². The van der Waals surface area contributed by atoms with Crippen molar-refractivity contribution in [2.24, 2.45) is 0 Å². The first kappa shape index (κ1) is 21.7. The smallest absolute Gasteiger partial charge is 0.305 e. The number of unbranched alkanes of at least 4 members (excludes halogenated alkanes) is 1. The fourth-order valence-corrected chi connectivity index (χ4v) is 1.94. The number of carbonyl (C=O) groups is 2. The Hall–Kier alpha value is -2.32. The van der Waals surface area contributed by atoms with Crippen molar-refractivity contribution in [2.75, 3.05) is 45.4 Å². The van der Waals surface area contributed by atoms with Crippen LogP contribution in [0.3, 0.4) is 0 Å². The highest BCUT2D eigenvalue weighted by molar-refractivity contribution is 5.69. The molecule has 1 aromatic rings. The lowest BCUT2D eigenvalue weighted by Gasteiger charge is -2.08. The maximum Gasteiger partial charge on any atom is 0.305 e. The van der Waals surface area contributed by atoms with Crippen molar-refractivity contribution >= 4 is 17.6 Å². The van der Waals surface area contributed by atoms with Gasteiger partial charge in [-0.25, -0.2) is 0 Å². The van der Waals surface area contributed by atoms with Crippen molar-refractivity contribution in [3.63, 3.8) is 0 Å². The maximum atomic E-state index is 11.4. The standard InChI is InChI=1S/C18H27NO7/c19-15-5-7-16(8-6-15)25-13-11-23-9-10-24-12-14-26-18(22)4-2-1-3-17(20)21/h5-8H,1-4,9-14,19H2,(H,20,21). The molecule has 0 aliphatic heterocycles. The summed E-state index contributed by atoms with van der Waals surface area (Å²) in [4.78, 5) is 21.7. The molecular weight excluding hydrogens is 342 g/mol. The van der Waals surface area contributed by atoms with E-state index in [0.717, 1.165) is 5.75 Å². The van der Waals surface area contributed by atoms with Crippen molar-refractivity contribution in [3.05, 3.63) is 24.3 Å². The molecule has 0 amide bonds. The molecule has 8 heteroatoms. The quantitative estimate of drug-likeness (QED) is 0.273. The third kappa shape index (κ3) is 12.1. The number of hydrogen-bond donors (Lipinski definition) is 2. The number of benzene rings is 1. The van der Waals surface area contributed by atoms with Gasteiger partial charge in [0.15, 0.2) is 0 Å². The van der Waals surface area contributed by atoms with E-state index in [4.69, 9.17) is 29.8 Å². The summed E-state index contributed by atoms with van der Waals surface area (Å²) in [6.45, 7) is 2.18. The van der Waals surface area contributed by atoms with Crippen LogP contribution < -0.4 is 10.5 Å². The molecule has 0 aliphatic carbocycles. The summed E-state index contributed by atoms with van der Waals surface area (Å²) in [6, 6.07) is 7.14. The first-order valence-corrected chi connectivity index (χ1v) is 8.59. The predicted octanol–water partition coefficient (Wildman–Crippen LogP) is 1.87. The van der Waals surface area contributed by atoms with Gasteiger partial charge in [0.1, 0.15) is 19.0 Å². The normalized spacial score (nSPS) is 10.5. The number of rotatable bonds is 15. The Morgan fingerprint density at radius 3 is 2.08 bits per heavy atom. The minimum atomic E-state index is -0.856. The molecule has 146 valence electrons. The van der Waals surface area contributed by atoms with Gasteiger partial charge in [-0.1, -0.05) is 0 Å². The molecule has 8 nitrogen and oxygen atoms in total. The van der Waals surface area contributed by atoms with Crippen LogP contribution in [-0.4, -0.2) is 56.7 Å². The SMILES string of the molecule is Nc1ccc(OCCOCCOCCOC(=O)CCCCC(=O)O)cc1. The van der Waals surface area contributed by atoms with Crippen LogP contribution in [0.15, 0.2) is 24.3 Å². The Bertz CT molecular complexity index is 519. The zero-order chi connectivity index (χ0) is 19.0. The molecule has 0 saturated heterocycles. The van der Waals surface area contributed by atoms with Gasteiger partial charge in [-0.2, -0.15) is 0 Å². The highest BCUT2D eigenvalue weighted by Gasteiger charge is 2.04. The number of carboxylic acids is 1. The number of carboxylic acid groups (broad SMARTS) is 1. The molecule has 0 radical (unpaired) electrons. The Balaban J connectivity index is 1.83. The number of carbonyl (C=O) groups excluding carboxylic acids is 1. The number of esters is 1. The van der Waals surface area contributed by atoms with E-state index in [1.54, 1.807) is 24.3 Å². The lowest BCUT2D eigenvalue weighted by molar-refractivity contribution is -0.146. The minimum Gasteiger partial charge on any atom is -0.491 e. The summed E-state index contributed by atoms with van der Waals surface area (Å²) < 4.78 is 21.1. The molecule has 0 aromatic heterocycles. The van der Waals surface area contributed by atoms with Crippen molar-refractivity contribution in [1.29, 1.82) is 0 Å². The summed E-state index contributed by atoms with van der Waals surface area (Å²) in [5.74, 6) is -0.454. The van der Waals surface area contributed by atoms with Gasteiger partial charge >= 0.3 is 11.9 Å². The second-order valence-corrected chi connectivity index (χ2v) is 5.46. The van der Waals surface area contributed by atoms with Crippen molar-refractivity contribution < 1.29 is 33.6 Å². The molecule has 26 heavy (non-hydrogen) atoms.